The second-order valence-corrected chi connectivity index (χ2v) is 4.79. The first kappa shape index (κ1) is 12.8. The van der Waals surface area contributed by atoms with E-state index >= 15 is 0 Å². The van der Waals surface area contributed by atoms with Crippen molar-refractivity contribution in [3.05, 3.63) is 28.0 Å². The van der Waals surface area contributed by atoms with Gasteiger partial charge in [-0.3, -0.25) is 0 Å². The fourth-order valence-electron chi connectivity index (χ4n) is 0.917. The quantitative estimate of drug-likeness (QED) is 0.748. The van der Waals surface area contributed by atoms with Crippen LogP contribution in [-0.4, -0.2) is 10.6 Å². The average molecular weight is 248 g/mol. The highest BCUT2D eigenvalue weighted by molar-refractivity contribution is 6.34. The Balaban J connectivity index is 2.66. The molecule has 0 aliphatic carbocycles. The molecule has 0 radical (unpaired) electrons. The summed E-state index contributed by atoms with van der Waals surface area (Å²) in [5.74, 6) is 0. The Bertz CT molecular complexity index is 339. The highest BCUT2D eigenvalue weighted by atomic mass is 35.5. The summed E-state index contributed by atoms with van der Waals surface area (Å²) in [4.78, 5) is 3.97. The van der Waals surface area contributed by atoms with Gasteiger partial charge >= 0.3 is 0 Å². The number of nitrogens with zero attached hydrogens (tertiary/aromatic N) is 1. The van der Waals surface area contributed by atoms with E-state index in [0.29, 0.717) is 16.8 Å². The minimum Gasteiger partial charge on any atom is -0.371 e. The fourth-order valence-corrected chi connectivity index (χ4v) is 1.34. The molecule has 0 N–H and O–H groups in total. The Morgan fingerprint density at radius 2 is 2.07 bits per heavy atom. The van der Waals surface area contributed by atoms with Crippen molar-refractivity contribution in [2.24, 2.45) is 0 Å². The van der Waals surface area contributed by atoms with Crippen LogP contribution in [0.3, 0.4) is 0 Å². The van der Waals surface area contributed by atoms with Gasteiger partial charge in [0.05, 0.1) is 17.2 Å². The molecule has 15 heavy (non-hydrogen) atoms. The van der Waals surface area contributed by atoms with Crippen LogP contribution in [0.2, 0.25) is 10.2 Å². The maximum Gasteiger partial charge on any atom is 0.130 e. The van der Waals surface area contributed by atoms with Crippen LogP contribution < -0.4 is 0 Å². The normalized spacial score (nSPS) is 11.8. The molecule has 2 nitrogen and oxygen atoms in total. The van der Waals surface area contributed by atoms with Gasteiger partial charge in [0.1, 0.15) is 5.15 Å². The highest BCUT2D eigenvalue weighted by Crippen LogP contribution is 2.22. The Labute approximate surface area is 101 Å². The molecule has 0 fully saturated rings. The minimum absolute atomic E-state index is 0.136. The SMILES string of the molecule is CCC(C)(C)OCc1cnc(Cl)cc1Cl. The number of pyridine rings is 1. The minimum atomic E-state index is -0.136. The second-order valence-electron chi connectivity index (χ2n) is 4.00. The van der Waals surface area contributed by atoms with Gasteiger partial charge in [0.15, 0.2) is 0 Å². The van der Waals surface area contributed by atoms with E-state index in [9.17, 15) is 0 Å². The predicted molar refractivity (Wildman–Crippen MR) is 63.4 cm³/mol. The van der Waals surface area contributed by atoms with E-state index in [1.807, 2.05) is 13.8 Å². The van der Waals surface area contributed by atoms with E-state index < -0.39 is 0 Å². The van der Waals surface area contributed by atoms with Crippen LogP contribution in [0.5, 0.6) is 0 Å². The molecule has 0 bridgehead atoms. The predicted octanol–water partition coefficient (Wildman–Crippen LogP) is 4.09. The van der Waals surface area contributed by atoms with Crippen LogP contribution in [-0.2, 0) is 11.3 Å². The number of rotatable bonds is 4. The lowest BCUT2D eigenvalue weighted by molar-refractivity contribution is -0.0316. The zero-order valence-electron chi connectivity index (χ0n) is 9.18. The van der Waals surface area contributed by atoms with Gasteiger partial charge in [-0.05, 0) is 26.3 Å². The van der Waals surface area contributed by atoms with Crippen molar-refractivity contribution in [2.75, 3.05) is 0 Å². The number of hydrogen-bond donors (Lipinski definition) is 0. The van der Waals surface area contributed by atoms with Crippen LogP contribution in [0.1, 0.15) is 32.8 Å². The van der Waals surface area contributed by atoms with Crippen LogP contribution in [0.25, 0.3) is 0 Å². The largest absolute Gasteiger partial charge is 0.371 e. The van der Waals surface area contributed by atoms with Gasteiger partial charge in [0, 0.05) is 11.8 Å². The monoisotopic (exact) mass is 247 g/mol. The molecule has 0 saturated heterocycles. The number of ether oxygens (including phenoxy) is 1. The maximum absolute atomic E-state index is 6.00. The summed E-state index contributed by atoms with van der Waals surface area (Å²) >= 11 is 11.7. The molecule has 1 heterocycles. The molecule has 0 aromatic carbocycles. The van der Waals surface area contributed by atoms with Crippen molar-refractivity contribution in [1.82, 2.24) is 4.98 Å². The van der Waals surface area contributed by atoms with Crippen LogP contribution in [0, 0.1) is 0 Å². The van der Waals surface area contributed by atoms with Gasteiger partial charge in [-0.15, -0.1) is 0 Å². The Morgan fingerprint density at radius 3 is 2.60 bits per heavy atom. The topological polar surface area (TPSA) is 22.1 Å². The zero-order chi connectivity index (χ0) is 11.5. The standard InChI is InChI=1S/C11H15Cl2NO/c1-4-11(2,3)15-7-8-6-14-10(13)5-9(8)12/h5-6H,4,7H2,1-3H3. The summed E-state index contributed by atoms with van der Waals surface area (Å²) in [6.45, 7) is 6.64. The summed E-state index contributed by atoms with van der Waals surface area (Å²) in [5.41, 5.74) is 0.728. The van der Waals surface area contributed by atoms with Crippen LogP contribution >= 0.6 is 23.2 Å². The van der Waals surface area contributed by atoms with Gasteiger partial charge in [-0.25, -0.2) is 4.98 Å². The summed E-state index contributed by atoms with van der Waals surface area (Å²) in [5, 5.41) is 1.00. The third kappa shape index (κ3) is 3.98. The van der Waals surface area contributed by atoms with E-state index in [1.165, 1.54) is 0 Å². The van der Waals surface area contributed by atoms with Crippen molar-refractivity contribution < 1.29 is 4.74 Å². The van der Waals surface area contributed by atoms with Crippen LogP contribution in [0.15, 0.2) is 12.3 Å². The molecular weight excluding hydrogens is 233 g/mol. The number of aromatic nitrogens is 1. The molecule has 0 saturated carbocycles. The lowest BCUT2D eigenvalue weighted by Gasteiger charge is -2.23. The molecule has 0 aliphatic rings. The van der Waals surface area contributed by atoms with Crippen molar-refractivity contribution >= 4 is 23.2 Å². The van der Waals surface area contributed by atoms with Crippen molar-refractivity contribution in [2.45, 2.75) is 39.4 Å². The van der Waals surface area contributed by atoms with Crippen molar-refractivity contribution in [1.29, 1.82) is 0 Å². The average Bonchev–Trinajstić information content (AvgIpc) is 2.16. The molecule has 1 rings (SSSR count). The molecule has 0 atom stereocenters. The number of halogens is 2. The maximum atomic E-state index is 6.00. The molecule has 0 amide bonds. The Hall–Kier alpha value is -0.310. The Kier molecular flexibility index (Phi) is 4.38. The first-order valence-corrected chi connectivity index (χ1v) is 5.64. The third-order valence-electron chi connectivity index (χ3n) is 2.37. The highest BCUT2D eigenvalue weighted by Gasteiger charge is 2.16. The smallest absolute Gasteiger partial charge is 0.130 e. The van der Waals surface area contributed by atoms with Gasteiger partial charge in [-0.1, -0.05) is 30.1 Å². The lowest BCUT2D eigenvalue weighted by Crippen LogP contribution is -2.22. The summed E-state index contributed by atoms with van der Waals surface area (Å²) in [6, 6.07) is 1.63. The summed E-state index contributed by atoms with van der Waals surface area (Å²) in [7, 11) is 0. The number of hydrogen-bond acceptors (Lipinski definition) is 2. The molecule has 1 aromatic rings. The Morgan fingerprint density at radius 1 is 1.40 bits per heavy atom. The third-order valence-corrected chi connectivity index (χ3v) is 2.92. The molecule has 1 aromatic heterocycles. The van der Waals surface area contributed by atoms with Crippen LogP contribution in [0.4, 0.5) is 0 Å². The zero-order valence-corrected chi connectivity index (χ0v) is 10.7. The molecular formula is C11H15Cl2NO. The van der Waals surface area contributed by atoms with E-state index in [1.54, 1.807) is 12.3 Å². The van der Waals surface area contributed by atoms with Gasteiger partial charge in [-0.2, -0.15) is 0 Å². The van der Waals surface area contributed by atoms with Crippen molar-refractivity contribution in [3.8, 4) is 0 Å². The van der Waals surface area contributed by atoms with Gasteiger partial charge in [0.25, 0.3) is 0 Å². The first-order chi connectivity index (χ1) is 6.94. The molecule has 4 heteroatoms. The van der Waals surface area contributed by atoms with E-state index in [0.717, 1.165) is 12.0 Å². The summed E-state index contributed by atoms with van der Waals surface area (Å²) in [6.07, 6.45) is 2.60. The van der Waals surface area contributed by atoms with E-state index in [4.69, 9.17) is 27.9 Å². The van der Waals surface area contributed by atoms with E-state index in [-0.39, 0.29) is 5.60 Å². The van der Waals surface area contributed by atoms with Gasteiger partial charge < -0.3 is 4.74 Å². The lowest BCUT2D eigenvalue weighted by atomic mass is 10.1. The van der Waals surface area contributed by atoms with Crippen molar-refractivity contribution in [3.63, 3.8) is 0 Å². The first-order valence-electron chi connectivity index (χ1n) is 4.88. The molecule has 0 spiro atoms. The molecule has 0 aliphatic heterocycles. The fraction of sp³-hybridized carbons (Fsp3) is 0.545. The summed E-state index contributed by atoms with van der Waals surface area (Å²) < 4.78 is 5.72. The molecule has 84 valence electrons. The van der Waals surface area contributed by atoms with Gasteiger partial charge in [0.2, 0.25) is 0 Å². The molecule has 0 unspecified atom stereocenters. The second kappa shape index (κ2) is 5.15. The van der Waals surface area contributed by atoms with E-state index in [2.05, 4.69) is 11.9 Å².